The van der Waals surface area contributed by atoms with Crippen molar-refractivity contribution in [1.82, 2.24) is 10.0 Å². The van der Waals surface area contributed by atoms with Crippen LogP contribution in [0.25, 0.3) is 0 Å². The van der Waals surface area contributed by atoms with Crippen molar-refractivity contribution in [2.45, 2.75) is 18.2 Å². The van der Waals surface area contributed by atoms with Crippen molar-refractivity contribution in [3.8, 4) is 0 Å². The second kappa shape index (κ2) is 8.25. The summed E-state index contributed by atoms with van der Waals surface area (Å²) in [7, 11) is -0.762. The Morgan fingerprint density at radius 2 is 2.05 bits per heavy atom. The summed E-state index contributed by atoms with van der Waals surface area (Å²) in [5, 5.41) is 2.83. The van der Waals surface area contributed by atoms with Gasteiger partial charge in [0.05, 0.1) is 7.11 Å². The van der Waals surface area contributed by atoms with Gasteiger partial charge in [-0.1, -0.05) is 6.92 Å². The zero-order valence-corrected chi connectivity index (χ0v) is 13.2. The van der Waals surface area contributed by atoms with Gasteiger partial charge in [-0.3, -0.25) is 0 Å². The number of ether oxygens (including phenoxy) is 1. The van der Waals surface area contributed by atoms with Crippen molar-refractivity contribution in [2.75, 3.05) is 27.2 Å². The van der Waals surface area contributed by atoms with Gasteiger partial charge in [0.25, 0.3) is 0 Å². The van der Waals surface area contributed by atoms with Crippen LogP contribution < -0.4 is 10.0 Å². The van der Waals surface area contributed by atoms with Crippen molar-refractivity contribution in [1.29, 1.82) is 0 Å². The molecule has 7 nitrogen and oxygen atoms in total. The number of sulfonamides is 1. The SMILES string of the molecule is CCc1oc(C(=O)OC)cc1S(=O)(=O)NCCNC.Cl. The second-order valence-corrected chi connectivity index (χ2v) is 5.48. The van der Waals surface area contributed by atoms with Gasteiger partial charge in [-0.15, -0.1) is 12.4 Å². The van der Waals surface area contributed by atoms with Gasteiger partial charge in [-0.2, -0.15) is 0 Å². The molecule has 1 aromatic rings. The molecule has 0 aliphatic carbocycles. The summed E-state index contributed by atoms with van der Waals surface area (Å²) in [5.41, 5.74) is 0. The zero-order valence-electron chi connectivity index (χ0n) is 11.6. The molecule has 0 unspecified atom stereocenters. The Balaban J connectivity index is 0.00000361. The topological polar surface area (TPSA) is 97.6 Å². The first-order valence-electron chi connectivity index (χ1n) is 5.81. The molecule has 20 heavy (non-hydrogen) atoms. The van der Waals surface area contributed by atoms with E-state index in [-0.39, 0.29) is 35.4 Å². The van der Waals surface area contributed by atoms with Crippen LogP contribution >= 0.6 is 12.4 Å². The predicted molar refractivity (Wildman–Crippen MR) is 75.8 cm³/mol. The van der Waals surface area contributed by atoms with Crippen LogP contribution in [0.4, 0.5) is 0 Å². The molecule has 0 saturated carbocycles. The molecule has 116 valence electrons. The first-order chi connectivity index (χ1) is 8.96. The minimum Gasteiger partial charge on any atom is -0.463 e. The first-order valence-corrected chi connectivity index (χ1v) is 7.29. The number of carbonyl (C=O) groups excluding carboxylic acids is 1. The van der Waals surface area contributed by atoms with E-state index in [1.54, 1.807) is 14.0 Å². The zero-order chi connectivity index (χ0) is 14.5. The van der Waals surface area contributed by atoms with Gasteiger partial charge in [-0.05, 0) is 7.05 Å². The van der Waals surface area contributed by atoms with Gasteiger partial charge in [0, 0.05) is 25.6 Å². The van der Waals surface area contributed by atoms with Gasteiger partial charge < -0.3 is 14.5 Å². The van der Waals surface area contributed by atoms with Crippen molar-refractivity contribution in [3.63, 3.8) is 0 Å². The highest BCUT2D eigenvalue weighted by atomic mass is 35.5. The fraction of sp³-hybridized carbons (Fsp3) is 0.545. The van der Waals surface area contributed by atoms with E-state index >= 15 is 0 Å². The third-order valence-corrected chi connectivity index (χ3v) is 3.94. The molecular formula is C11H19ClN2O5S. The molecule has 9 heteroatoms. The standard InChI is InChI=1S/C11H18N2O5S.ClH/c1-4-8-10(7-9(18-8)11(14)17-3)19(15,16)13-6-5-12-2;/h7,12-13H,4-6H2,1-3H3;1H. The van der Waals surface area contributed by atoms with E-state index in [0.29, 0.717) is 13.0 Å². The Morgan fingerprint density at radius 1 is 1.40 bits per heavy atom. The van der Waals surface area contributed by atoms with Crippen molar-refractivity contribution in [2.24, 2.45) is 0 Å². The molecular weight excluding hydrogens is 308 g/mol. The lowest BCUT2D eigenvalue weighted by Crippen LogP contribution is -2.30. The number of methoxy groups -OCH3 is 1. The lowest BCUT2D eigenvalue weighted by Gasteiger charge is -2.05. The Labute approximate surface area is 124 Å². The molecule has 0 aliphatic rings. The van der Waals surface area contributed by atoms with E-state index in [0.717, 1.165) is 0 Å². The summed E-state index contributed by atoms with van der Waals surface area (Å²) in [5.74, 6) is -0.586. The Hall–Kier alpha value is -1.09. The number of esters is 1. The number of aryl methyl sites for hydroxylation is 1. The van der Waals surface area contributed by atoms with Gasteiger partial charge in [0.1, 0.15) is 10.7 Å². The maximum Gasteiger partial charge on any atom is 0.373 e. The number of hydrogen-bond acceptors (Lipinski definition) is 6. The average molecular weight is 327 g/mol. The lowest BCUT2D eigenvalue weighted by atomic mass is 10.3. The fourth-order valence-corrected chi connectivity index (χ4v) is 2.75. The second-order valence-electron chi connectivity index (χ2n) is 3.74. The molecule has 1 aromatic heterocycles. The molecule has 0 atom stereocenters. The van der Waals surface area contributed by atoms with E-state index in [4.69, 9.17) is 4.42 Å². The van der Waals surface area contributed by atoms with Gasteiger partial charge >= 0.3 is 5.97 Å². The predicted octanol–water partition coefficient (Wildman–Crippen LogP) is 0.548. The molecule has 0 bridgehead atoms. The Morgan fingerprint density at radius 3 is 2.55 bits per heavy atom. The number of halogens is 1. The van der Waals surface area contributed by atoms with E-state index in [2.05, 4.69) is 14.8 Å². The van der Waals surface area contributed by atoms with Crippen LogP contribution in [0.3, 0.4) is 0 Å². The van der Waals surface area contributed by atoms with Gasteiger partial charge in [0.15, 0.2) is 0 Å². The van der Waals surface area contributed by atoms with Crippen LogP contribution in [0.2, 0.25) is 0 Å². The lowest BCUT2D eigenvalue weighted by molar-refractivity contribution is 0.0563. The number of likely N-dealkylation sites (N-methyl/N-ethyl adjacent to an activating group) is 1. The van der Waals surface area contributed by atoms with Crippen LogP contribution in [0.1, 0.15) is 23.2 Å². The minimum atomic E-state index is -3.69. The number of rotatable bonds is 7. The third-order valence-electron chi connectivity index (χ3n) is 2.43. The highest BCUT2D eigenvalue weighted by Gasteiger charge is 2.25. The molecule has 0 spiro atoms. The molecule has 0 radical (unpaired) electrons. The van der Waals surface area contributed by atoms with Crippen LogP contribution in [0.15, 0.2) is 15.4 Å². The number of furan rings is 1. The maximum absolute atomic E-state index is 12.1. The molecule has 2 N–H and O–H groups in total. The largest absolute Gasteiger partial charge is 0.463 e. The number of hydrogen-bond donors (Lipinski definition) is 2. The average Bonchev–Trinajstić information content (AvgIpc) is 2.83. The summed E-state index contributed by atoms with van der Waals surface area (Å²) < 4.78 is 36.2. The normalized spacial score (nSPS) is 10.9. The monoisotopic (exact) mass is 326 g/mol. The van der Waals surface area contributed by atoms with E-state index in [1.807, 2.05) is 0 Å². The van der Waals surface area contributed by atoms with Crippen LogP contribution in [-0.2, 0) is 21.2 Å². The Bertz CT molecular complexity index is 541. The van der Waals surface area contributed by atoms with Crippen molar-refractivity contribution >= 4 is 28.4 Å². The highest BCUT2D eigenvalue weighted by molar-refractivity contribution is 7.89. The fourth-order valence-electron chi connectivity index (χ4n) is 1.48. The third kappa shape index (κ3) is 4.48. The quantitative estimate of drug-likeness (QED) is 0.561. The molecule has 0 aliphatic heterocycles. The molecule has 0 fully saturated rings. The summed E-state index contributed by atoms with van der Waals surface area (Å²) in [6, 6.07) is 1.19. The van der Waals surface area contributed by atoms with Crippen molar-refractivity contribution in [3.05, 3.63) is 17.6 Å². The number of carbonyl (C=O) groups is 1. The van der Waals surface area contributed by atoms with Crippen LogP contribution in [0, 0.1) is 0 Å². The smallest absolute Gasteiger partial charge is 0.373 e. The molecule has 1 heterocycles. The van der Waals surface area contributed by atoms with Crippen LogP contribution in [0.5, 0.6) is 0 Å². The van der Waals surface area contributed by atoms with Crippen LogP contribution in [-0.4, -0.2) is 41.6 Å². The van der Waals surface area contributed by atoms with Crippen molar-refractivity contribution < 1.29 is 22.4 Å². The summed E-state index contributed by atoms with van der Waals surface area (Å²) >= 11 is 0. The van der Waals surface area contributed by atoms with Gasteiger partial charge in [-0.25, -0.2) is 17.9 Å². The first kappa shape index (κ1) is 18.9. The molecule has 0 saturated heterocycles. The van der Waals surface area contributed by atoms with E-state index in [9.17, 15) is 13.2 Å². The molecule has 1 rings (SSSR count). The summed E-state index contributed by atoms with van der Waals surface area (Å²) in [6.07, 6.45) is 0.360. The highest BCUT2D eigenvalue weighted by Crippen LogP contribution is 2.21. The number of nitrogens with one attached hydrogen (secondary N) is 2. The molecule has 0 aromatic carbocycles. The molecule has 0 amide bonds. The summed E-state index contributed by atoms with van der Waals surface area (Å²) in [6.45, 7) is 2.50. The Kier molecular flexibility index (Phi) is 7.80. The minimum absolute atomic E-state index is 0. The van der Waals surface area contributed by atoms with E-state index < -0.39 is 16.0 Å². The maximum atomic E-state index is 12.1. The van der Waals surface area contributed by atoms with E-state index in [1.165, 1.54) is 13.2 Å². The summed E-state index contributed by atoms with van der Waals surface area (Å²) in [4.78, 5) is 11.3. The van der Waals surface area contributed by atoms with Gasteiger partial charge in [0.2, 0.25) is 15.8 Å².